The average molecular weight is 178 g/mol. The van der Waals surface area contributed by atoms with Crippen molar-refractivity contribution >= 4 is 18.0 Å². The minimum Gasteiger partial charge on any atom is -0.453 e. The highest BCUT2D eigenvalue weighted by Crippen LogP contribution is 2.00. The van der Waals surface area contributed by atoms with Crippen molar-refractivity contribution in [3.8, 4) is 0 Å². The summed E-state index contributed by atoms with van der Waals surface area (Å²) < 4.78 is 6.91. The van der Waals surface area contributed by atoms with Gasteiger partial charge >= 0.3 is 6.09 Å². The molecule has 0 saturated heterocycles. The molecular formula is C5H10N2O3S. The third-order valence-corrected chi connectivity index (χ3v) is 1.50. The number of carbonyl (C=O) groups is 1. The number of amides is 1. The Morgan fingerprint density at radius 1 is 1.73 bits per heavy atom. The van der Waals surface area contributed by atoms with E-state index in [0.717, 1.165) is 11.9 Å². The summed E-state index contributed by atoms with van der Waals surface area (Å²) in [5, 5.41) is 2.47. The molecule has 0 aromatic rings. The monoisotopic (exact) mass is 178 g/mol. The molecule has 5 nitrogen and oxygen atoms in total. The number of ether oxygens (including phenoxy) is 1. The molecule has 0 aliphatic rings. The van der Waals surface area contributed by atoms with Gasteiger partial charge in [-0.1, -0.05) is 0 Å². The van der Waals surface area contributed by atoms with E-state index in [2.05, 4.69) is 14.6 Å². The SMILES string of the molecule is COC(=O)NCCCSN=O. The first-order valence-corrected chi connectivity index (χ1v) is 4.02. The van der Waals surface area contributed by atoms with Gasteiger partial charge in [0.25, 0.3) is 0 Å². The van der Waals surface area contributed by atoms with Gasteiger partial charge in [-0.25, -0.2) is 4.79 Å². The standard InChI is InChI=1S/C5H10N2O3S/c1-10-5(8)6-3-2-4-11-7-9/h2-4H2,1H3,(H,6,8). The van der Waals surface area contributed by atoms with Crippen molar-refractivity contribution in [3.63, 3.8) is 0 Å². The normalized spacial score (nSPS) is 8.82. The van der Waals surface area contributed by atoms with Crippen LogP contribution in [0.25, 0.3) is 0 Å². The quantitative estimate of drug-likeness (QED) is 0.389. The number of nitrogens with zero attached hydrogens (tertiary/aromatic N) is 1. The number of nitrogens with one attached hydrogen (secondary N) is 1. The van der Waals surface area contributed by atoms with Gasteiger partial charge in [0.2, 0.25) is 0 Å². The smallest absolute Gasteiger partial charge is 0.406 e. The third-order valence-electron chi connectivity index (χ3n) is 0.920. The Kier molecular flexibility index (Phi) is 6.81. The molecule has 11 heavy (non-hydrogen) atoms. The van der Waals surface area contributed by atoms with Crippen molar-refractivity contribution in [2.75, 3.05) is 19.4 Å². The van der Waals surface area contributed by atoms with Crippen LogP contribution >= 0.6 is 11.9 Å². The molecule has 0 aromatic carbocycles. The molecule has 0 heterocycles. The van der Waals surface area contributed by atoms with Crippen LogP contribution in [0, 0.1) is 4.91 Å². The Morgan fingerprint density at radius 2 is 2.45 bits per heavy atom. The van der Waals surface area contributed by atoms with Crippen molar-refractivity contribution < 1.29 is 9.53 Å². The van der Waals surface area contributed by atoms with Gasteiger partial charge < -0.3 is 10.1 Å². The second-order valence-electron chi connectivity index (χ2n) is 1.68. The van der Waals surface area contributed by atoms with Gasteiger partial charge in [0, 0.05) is 28.8 Å². The summed E-state index contributed by atoms with van der Waals surface area (Å²) in [4.78, 5) is 20.0. The largest absolute Gasteiger partial charge is 0.453 e. The molecule has 0 rings (SSSR count). The van der Waals surface area contributed by atoms with Crippen molar-refractivity contribution in [1.82, 2.24) is 5.32 Å². The van der Waals surface area contributed by atoms with Crippen molar-refractivity contribution in [3.05, 3.63) is 4.91 Å². The van der Waals surface area contributed by atoms with Crippen LogP contribution in [0.4, 0.5) is 4.79 Å². The fourth-order valence-corrected chi connectivity index (χ4v) is 0.785. The number of carbonyl (C=O) groups excluding carboxylic acids is 1. The summed E-state index contributed by atoms with van der Waals surface area (Å²) >= 11 is 0.945. The first-order valence-electron chi connectivity index (χ1n) is 3.07. The van der Waals surface area contributed by atoms with Crippen LogP contribution in [0.5, 0.6) is 0 Å². The van der Waals surface area contributed by atoms with E-state index in [1.807, 2.05) is 0 Å². The molecule has 0 aromatic heterocycles. The Balaban J connectivity index is 3.01. The molecule has 0 aliphatic heterocycles. The fourth-order valence-electron chi connectivity index (χ4n) is 0.437. The molecule has 0 saturated carbocycles. The van der Waals surface area contributed by atoms with Crippen LogP contribution < -0.4 is 5.32 Å². The number of nitroso groups, excluding NO2 is 1. The van der Waals surface area contributed by atoms with Gasteiger partial charge in [-0.15, -0.1) is 4.91 Å². The maximum atomic E-state index is 10.4. The first-order chi connectivity index (χ1) is 5.31. The lowest BCUT2D eigenvalue weighted by atomic mass is 10.5. The summed E-state index contributed by atoms with van der Waals surface area (Å²) in [6, 6.07) is 0. The number of hydrogen-bond acceptors (Lipinski definition) is 5. The van der Waals surface area contributed by atoms with Crippen LogP contribution in [0.3, 0.4) is 0 Å². The molecule has 0 unspecified atom stereocenters. The van der Waals surface area contributed by atoms with Gasteiger partial charge in [0.1, 0.15) is 0 Å². The molecule has 0 aliphatic carbocycles. The van der Waals surface area contributed by atoms with Crippen LogP contribution in [-0.4, -0.2) is 25.5 Å². The van der Waals surface area contributed by atoms with Crippen molar-refractivity contribution in [2.24, 2.45) is 4.58 Å². The topological polar surface area (TPSA) is 67.8 Å². The molecule has 0 bridgehead atoms. The molecule has 0 fully saturated rings. The van der Waals surface area contributed by atoms with E-state index >= 15 is 0 Å². The lowest BCUT2D eigenvalue weighted by molar-refractivity contribution is 0.171. The van der Waals surface area contributed by atoms with Gasteiger partial charge in [0.15, 0.2) is 0 Å². The van der Waals surface area contributed by atoms with E-state index in [4.69, 9.17) is 0 Å². The minimum atomic E-state index is -0.450. The van der Waals surface area contributed by atoms with Crippen molar-refractivity contribution in [1.29, 1.82) is 0 Å². The fraction of sp³-hybridized carbons (Fsp3) is 0.800. The van der Waals surface area contributed by atoms with Crippen molar-refractivity contribution in [2.45, 2.75) is 6.42 Å². The summed E-state index contributed by atoms with van der Waals surface area (Å²) in [5.41, 5.74) is 0. The number of methoxy groups -OCH3 is 1. The molecule has 6 heteroatoms. The molecule has 1 amide bonds. The van der Waals surface area contributed by atoms with Crippen LogP contribution in [0.2, 0.25) is 0 Å². The molecule has 0 spiro atoms. The van der Waals surface area contributed by atoms with Gasteiger partial charge in [-0.2, -0.15) is 0 Å². The molecule has 1 N–H and O–H groups in total. The number of rotatable bonds is 5. The van der Waals surface area contributed by atoms with E-state index < -0.39 is 6.09 Å². The number of hydrogen-bond donors (Lipinski definition) is 1. The van der Waals surface area contributed by atoms with Gasteiger partial charge in [0.05, 0.1) is 7.11 Å². The third kappa shape index (κ3) is 7.11. The maximum Gasteiger partial charge on any atom is 0.406 e. The van der Waals surface area contributed by atoms with E-state index in [1.54, 1.807) is 0 Å². The Morgan fingerprint density at radius 3 is 3.00 bits per heavy atom. The van der Waals surface area contributed by atoms with Gasteiger partial charge in [-0.3, -0.25) is 0 Å². The second-order valence-corrected chi connectivity index (χ2v) is 2.50. The van der Waals surface area contributed by atoms with E-state index in [9.17, 15) is 9.70 Å². The Hall–Kier alpha value is -0.780. The number of alkyl carbamates (subject to hydrolysis) is 1. The zero-order valence-electron chi connectivity index (χ0n) is 6.20. The van der Waals surface area contributed by atoms with E-state index in [0.29, 0.717) is 18.7 Å². The highest BCUT2D eigenvalue weighted by Gasteiger charge is 1.95. The molecule has 64 valence electrons. The summed E-state index contributed by atoms with van der Waals surface area (Å²) in [7, 11) is 1.30. The zero-order valence-corrected chi connectivity index (χ0v) is 7.02. The average Bonchev–Trinajstić information content (AvgIpc) is 2.04. The van der Waals surface area contributed by atoms with Crippen LogP contribution in [0.1, 0.15) is 6.42 Å². The van der Waals surface area contributed by atoms with Gasteiger partial charge in [-0.05, 0) is 6.42 Å². The van der Waals surface area contributed by atoms with Crippen LogP contribution in [0.15, 0.2) is 4.58 Å². The lowest BCUT2D eigenvalue weighted by Gasteiger charge is -2.00. The maximum absolute atomic E-state index is 10.4. The first kappa shape index (κ1) is 10.2. The molecule has 0 atom stereocenters. The summed E-state index contributed by atoms with van der Waals surface area (Å²) in [5.74, 6) is 0.619. The minimum absolute atomic E-state index is 0.450. The highest BCUT2D eigenvalue weighted by atomic mass is 32.2. The lowest BCUT2D eigenvalue weighted by Crippen LogP contribution is -2.24. The van der Waals surface area contributed by atoms with E-state index in [-0.39, 0.29) is 0 Å². The highest BCUT2D eigenvalue weighted by molar-refractivity contribution is 7.97. The Labute approximate surface area is 69.0 Å². The summed E-state index contributed by atoms with van der Waals surface area (Å²) in [6.45, 7) is 0.509. The summed E-state index contributed by atoms with van der Waals surface area (Å²) in [6.07, 6.45) is 0.264. The van der Waals surface area contributed by atoms with E-state index in [1.165, 1.54) is 7.11 Å². The second kappa shape index (κ2) is 7.33. The molecular weight excluding hydrogens is 168 g/mol. The predicted molar refractivity (Wildman–Crippen MR) is 43.3 cm³/mol. The zero-order chi connectivity index (χ0) is 8.53. The predicted octanol–water partition coefficient (Wildman–Crippen LogP) is 1.15. The Bertz CT molecular complexity index is 131. The molecule has 0 radical (unpaired) electrons. The van der Waals surface area contributed by atoms with Crippen LogP contribution in [-0.2, 0) is 4.74 Å².